The van der Waals surface area contributed by atoms with Crippen molar-refractivity contribution in [3.63, 3.8) is 0 Å². The summed E-state index contributed by atoms with van der Waals surface area (Å²) >= 11 is 0. The summed E-state index contributed by atoms with van der Waals surface area (Å²) in [6.07, 6.45) is 8.77. The van der Waals surface area contributed by atoms with Gasteiger partial charge in [-0.2, -0.15) is 0 Å². The molecule has 0 aromatic carbocycles. The summed E-state index contributed by atoms with van der Waals surface area (Å²) in [5, 5.41) is 1.48. The van der Waals surface area contributed by atoms with E-state index in [9.17, 15) is 0 Å². The van der Waals surface area contributed by atoms with Crippen LogP contribution in [0, 0.1) is 11.8 Å². The Morgan fingerprint density at radius 3 is 2.54 bits per heavy atom. The lowest BCUT2D eigenvalue weighted by Gasteiger charge is -2.25. The van der Waals surface area contributed by atoms with Crippen LogP contribution in [0.3, 0.4) is 0 Å². The molecule has 2 atom stereocenters. The summed E-state index contributed by atoms with van der Waals surface area (Å²) < 4.78 is 0. The van der Waals surface area contributed by atoms with E-state index in [0.29, 0.717) is 0 Å². The highest BCUT2D eigenvalue weighted by Crippen LogP contribution is 2.34. The van der Waals surface area contributed by atoms with Crippen LogP contribution in [0.2, 0.25) is 0 Å². The van der Waals surface area contributed by atoms with Gasteiger partial charge in [-0.15, -0.1) is 0 Å². The van der Waals surface area contributed by atoms with E-state index in [-0.39, 0.29) is 0 Å². The molecule has 0 spiro atoms. The summed E-state index contributed by atoms with van der Waals surface area (Å²) in [7, 11) is 0.938. The van der Waals surface area contributed by atoms with Crippen LogP contribution in [0.15, 0.2) is 11.9 Å². The predicted octanol–water partition coefficient (Wildman–Crippen LogP) is 4.41. The lowest BCUT2D eigenvalue weighted by molar-refractivity contribution is 0.314. The van der Waals surface area contributed by atoms with E-state index in [2.05, 4.69) is 20.2 Å². The van der Waals surface area contributed by atoms with Crippen molar-refractivity contribution in [2.24, 2.45) is 11.8 Å². The molecule has 13 heavy (non-hydrogen) atoms. The first-order chi connectivity index (χ1) is 6.24. The van der Waals surface area contributed by atoms with Crippen LogP contribution in [0.4, 0.5) is 0 Å². The molecule has 0 saturated heterocycles. The molecule has 1 fully saturated rings. The number of hydrogen-bond donors (Lipinski definition) is 0. The van der Waals surface area contributed by atoms with Gasteiger partial charge in [0.25, 0.3) is 0 Å². The maximum absolute atomic E-state index is 4.15. The van der Waals surface area contributed by atoms with E-state index in [0.717, 1.165) is 20.4 Å². The monoisotopic (exact) mass is 198 g/mol. The van der Waals surface area contributed by atoms with Gasteiger partial charge in [0.2, 0.25) is 0 Å². The SMILES string of the molecule is C=C(PC)C(C)CC1CCCCC1. The van der Waals surface area contributed by atoms with Crippen LogP contribution >= 0.6 is 8.58 Å². The van der Waals surface area contributed by atoms with Gasteiger partial charge in [0.15, 0.2) is 0 Å². The maximum Gasteiger partial charge on any atom is -0.0192 e. The molecule has 0 nitrogen and oxygen atoms in total. The van der Waals surface area contributed by atoms with Crippen LogP contribution in [0.25, 0.3) is 0 Å². The van der Waals surface area contributed by atoms with E-state index in [4.69, 9.17) is 0 Å². The van der Waals surface area contributed by atoms with Gasteiger partial charge in [-0.25, -0.2) is 0 Å². The Kier molecular flexibility index (Phi) is 5.02. The molecule has 2 unspecified atom stereocenters. The van der Waals surface area contributed by atoms with Gasteiger partial charge in [-0.3, -0.25) is 0 Å². The molecule has 0 amide bonds. The maximum atomic E-state index is 4.15. The third-order valence-electron chi connectivity index (χ3n) is 3.33. The van der Waals surface area contributed by atoms with Gasteiger partial charge in [-0.05, 0) is 24.9 Å². The van der Waals surface area contributed by atoms with Gasteiger partial charge < -0.3 is 0 Å². The second kappa shape index (κ2) is 5.81. The molecule has 0 N–H and O–H groups in total. The molecule has 0 bridgehead atoms. The molecule has 1 saturated carbocycles. The Hall–Kier alpha value is 0.170. The first kappa shape index (κ1) is 11.2. The van der Waals surface area contributed by atoms with Gasteiger partial charge >= 0.3 is 0 Å². The average molecular weight is 198 g/mol. The van der Waals surface area contributed by atoms with Gasteiger partial charge in [-0.1, -0.05) is 59.5 Å². The number of allylic oxidation sites excluding steroid dienone is 1. The topological polar surface area (TPSA) is 0 Å². The van der Waals surface area contributed by atoms with Crippen LogP contribution in [0.1, 0.15) is 45.4 Å². The van der Waals surface area contributed by atoms with Gasteiger partial charge in [0.05, 0.1) is 0 Å². The zero-order chi connectivity index (χ0) is 9.68. The summed E-state index contributed by atoms with van der Waals surface area (Å²) in [5.41, 5.74) is 0. The lowest BCUT2D eigenvalue weighted by Crippen LogP contribution is -2.10. The van der Waals surface area contributed by atoms with Crippen molar-refractivity contribution < 1.29 is 0 Å². The number of rotatable bonds is 4. The van der Waals surface area contributed by atoms with Crippen LogP contribution in [-0.2, 0) is 0 Å². The van der Waals surface area contributed by atoms with E-state index in [1.54, 1.807) is 0 Å². The lowest BCUT2D eigenvalue weighted by atomic mass is 9.83. The Bertz CT molecular complexity index is 157. The third kappa shape index (κ3) is 3.81. The second-order valence-electron chi connectivity index (χ2n) is 4.42. The molecule has 0 aromatic heterocycles. The highest BCUT2D eigenvalue weighted by atomic mass is 31.1. The van der Waals surface area contributed by atoms with E-state index in [1.807, 2.05) is 0 Å². The molecular weight excluding hydrogens is 175 g/mol. The number of hydrogen-bond acceptors (Lipinski definition) is 0. The molecule has 0 radical (unpaired) electrons. The van der Waals surface area contributed by atoms with Crippen molar-refractivity contribution in [1.82, 2.24) is 0 Å². The Labute approximate surface area is 85.0 Å². The molecule has 1 rings (SSSR count). The quantitative estimate of drug-likeness (QED) is 0.587. The van der Waals surface area contributed by atoms with Crippen LogP contribution < -0.4 is 0 Å². The molecule has 1 heteroatoms. The van der Waals surface area contributed by atoms with E-state index < -0.39 is 0 Å². The normalized spacial score (nSPS) is 22.3. The molecular formula is C12H23P. The third-order valence-corrected chi connectivity index (χ3v) is 4.46. The minimum Gasteiger partial charge on any atom is -0.0984 e. The van der Waals surface area contributed by atoms with Crippen molar-refractivity contribution in [2.45, 2.75) is 45.4 Å². The van der Waals surface area contributed by atoms with Crippen molar-refractivity contribution in [3.8, 4) is 0 Å². The molecule has 0 heterocycles. The Balaban J connectivity index is 2.25. The average Bonchev–Trinajstić information content (AvgIpc) is 2.18. The first-order valence-electron chi connectivity index (χ1n) is 5.60. The largest absolute Gasteiger partial charge is 0.0984 e. The minimum atomic E-state index is 0.770. The van der Waals surface area contributed by atoms with Crippen LogP contribution in [0.5, 0.6) is 0 Å². The summed E-state index contributed by atoms with van der Waals surface area (Å²) in [6.45, 7) is 8.76. The fourth-order valence-corrected chi connectivity index (χ4v) is 2.92. The fraction of sp³-hybridized carbons (Fsp3) is 0.833. The van der Waals surface area contributed by atoms with Crippen molar-refractivity contribution in [1.29, 1.82) is 0 Å². The molecule has 1 aliphatic rings. The van der Waals surface area contributed by atoms with Gasteiger partial charge in [0.1, 0.15) is 0 Å². The van der Waals surface area contributed by atoms with Crippen molar-refractivity contribution >= 4 is 8.58 Å². The standard InChI is InChI=1S/C12H23P/c1-10(11(2)13-3)9-12-7-5-4-6-8-12/h10,12-13H,2,4-9H2,1,3H3. The highest BCUT2D eigenvalue weighted by molar-refractivity contribution is 7.42. The smallest absolute Gasteiger partial charge is 0.0192 e. The highest BCUT2D eigenvalue weighted by Gasteiger charge is 2.17. The predicted molar refractivity (Wildman–Crippen MR) is 63.7 cm³/mol. The summed E-state index contributed by atoms with van der Waals surface area (Å²) in [5.74, 6) is 1.78. The van der Waals surface area contributed by atoms with Crippen LogP contribution in [-0.4, -0.2) is 6.66 Å². The first-order valence-corrected chi connectivity index (χ1v) is 7.10. The van der Waals surface area contributed by atoms with E-state index in [1.165, 1.54) is 43.8 Å². The summed E-state index contributed by atoms with van der Waals surface area (Å²) in [4.78, 5) is 0. The molecule has 0 aromatic rings. The second-order valence-corrected chi connectivity index (χ2v) is 5.56. The minimum absolute atomic E-state index is 0.770. The Morgan fingerprint density at radius 2 is 2.00 bits per heavy atom. The molecule has 76 valence electrons. The zero-order valence-corrected chi connectivity index (χ0v) is 10.1. The molecule has 0 aliphatic heterocycles. The van der Waals surface area contributed by atoms with E-state index >= 15 is 0 Å². The van der Waals surface area contributed by atoms with Crippen molar-refractivity contribution in [3.05, 3.63) is 11.9 Å². The summed E-state index contributed by atoms with van der Waals surface area (Å²) in [6, 6.07) is 0. The van der Waals surface area contributed by atoms with Gasteiger partial charge in [0, 0.05) is 0 Å². The fourth-order valence-electron chi connectivity index (χ4n) is 2.31. The van der Waals surface area contributed by atoms with Crippen molar-refractivity contribution in [2.75, 3.05) is 6.66 Å². The Morgan fingerprint density at radius 1 is 1.38 bits per heavy atom. The molecule has 1 aliphatic carbocycles. The zero-order valence-electron chi connectivity index (χ0n) is 9.10.